The molecule has 0 aliphatic carbocycles. The number of nitrogens with two attached hydrogens (primary N) is 1. The van der Waals surface area contributed by atoms with E-state index in [2.05, 4.69) is 10.1 Å². The number of carbonyl (C=O) groups excluding carboxylic acids is 1. The first-order valence-corrected chi connectivity index (χ1v) is 4.88. The van der Waals surface area contributed by atoms with E-state index in [0.717, 1.165) is 11.4 Å². The van der Waals surface area contributed by atoms with Gasteiger partial charge in [-0.2, -0.15) is 0 Å². The van der Waals surface area contributed by atoms with Gasteiger partial charge in [0.25, 0.3) is 0 Å². The van der Waals surface area contributed by atoms with Crippen LogP contribution < -0.4 is 16.0 Å². The Kier molecular flexibility index (Phi) is 3.60. The number of hydrogen-bond donors (Lipinski definition) is 2. The van der Waals surface area contributed by atoms with E-state index in [4.69, 9.17) is 5.73 Å². The molecule has 1 aromatic rings. The highest BCUT2D eigenvalue weighted by Gasteiger charge is 2.14. The van der Waals surface area contributed by atoms with E-state index in [1.165, 1.54) is 7.11 Å². The molecule has 1 rings (SSSR count). The number of rotatable bonds is 3. The van der Waals surface area contributed by atoms with Crippen LogP contribution in [0.4, 0.5) is 17.1 Å². The van der Waals surface area contributed by atoms with Crippen molar-refractivity contribution in [2.75, 3.05) is 44.2 Å². The van der Waals surface area contributed by atoms with Crippen LogP contribution in [-0.4, -0.2) is 34.2 Å². The number of benzene rings is 1. The van der Waals surface area contributed by atoms with Crippen LogP contribution >= 0.6 is 0 Å². The monoisotopic (exact) mass is 223 g/mol. The Morgan fingerprint density at radius 1 is 1.44 bits per heavy atom. The maximum Gasteiger partial charge on any atom is 0.340 e. The van der Waals surface area contributed by atoms with Gasteiger partial charge in [-0.3, -0.25) is 0 Å². The van der Waals surface area contributed by atoms with E-state index >= 15 is 0 Å². The molecule has 0 saturated heterocycles. The van der Waals surface area contributed by atoms with Gasteiger partial charge in [-0.05, 0) is 12.1 Å². The van der Waals surface area contributed by atoms with Gasteiger partial charge < -0.3 is 20.7 Å². The maximum absolute atomic E-state index is 11.4. The second-order valence-corrected chi connectivity index (χ2v) is 3.59. The second kappa shape index (κ2) is 4.74. The van der Waals surface area contributed by atoms with Crippen molar-refractivity contribution in [3.05, 3.63) is 17.7 Å². The molecule has 3 N–H and O–H groups in total. The van der Waals surface area contributed by atoms with Gasteiger partial charge >= 0.3 is 5.97 Å². The smallest absolute Gasteiger partial charge is 0.340 e. The number of methoxy groups -OCH3 is 1. The molecule has 0 atom stereocenters. The molecule has 5 nitrogen and oxygen atoms in total. The van der Waals surface area contributed by atoms with Crippen LogP contribution in [0.1, 0.15) is 10.4 Å². The minimum Gasteiger partial charge on any atom is -0.465 e. The average molecular weight is 223 g/mol. The van der Waals surface area contributed by atoms with E-state index in [1.807, 2.05) is 19.0 Å². The lowest BCUT2D eigenvalue weighted by molar-refractivity contribution is 0.0602. The predicted octanol–water partition coefficient (Wildman–Crippen LogP) is 1.16. The number of esters is 1. The van der Waals surface area contributed by atoms with Crippen molar-refractivity contribution < 1.29 is 9.53 Å². The van der Waals surface area contributed by atoms with Gasteiger partial charge in [-0.15, -0.1) is 0 Å². The summed E-state index contributed by atoms with van der Waals surface area (Å²) in [7, 11) is 6.95. The van der Waals surface area contributed by atoms with Crippen LogP contribution in [0.3, 0.4) is 0 Å². The minimum atomic E-state index is -0.431. The molecule has 0 aliphatic rings. The maximum atomic E-state index is 11.4. The van der Waals surface area contributed by atoms with Gasteiger partial charge in [-0.25, -0.2) is 4.79 Å². The zero-order valence-electron chi connectivity index (χ0n) is 10.00. The molecule has 0 radical (unpaired) electrons. The number of hydrogen-bond acceptors (Lipinski definition) is 5. The summed E-state index contributed by atoms with van der Waals surface area (Å²) in [4.78, 5) is 13.4. The summed E-state index contributed by atoms with van der Waals surface area (Å²) in [6.07, 6.45) is 0. The molecule has 0 heterocycles. The van der Waals surface area contributed by atoms with E-state index in [9.17, 15) is 4.79 Å². The Morgan fingerprint density at radius 2 is 2.06 bits per heavy atom. The fraction of sp³-hybridized carbons (Fsp3) is 0.364. The van der Waals surface area contributed by atoms with Crippen molar-refractivity contribution >= 4 is 23.0 Å². The molecule has 0 bridgehead atoms. The average Bonchev–Trinajstić information content (AvgIpc) is 2.27. The summed E-state index contributed by atoms with van der Waals surface area (Å²) >= 11 is 0. The van der Waals surface area contributed by atoms with Crippen LogP contribution in [-0.2, 0) is 4.74 Å². The lowest BCUT2D eigenvalue weighted by atomic mass is 10.1. The van der Waals surface area contributed by atoms with Crippen molar-refractivity contribution in [3.63, 3.8) is 0 Å². The second-order valence-electron chi connectivity index (χ2n) is 3.59. The highest BCUT2D eigenvalue weighted by Crippen LogP contribution is 2.29. The molecule has 16 heavy (non-hydrogen) atoms. The molecule has 0 aliphatic heterocycles. The van der Waals surface area contributed by atoms with Gasteiger partial charge in [-0.1, -0.05) is 0 Å². The number of nitrogens with zero attached hydrogens (tertiary/aromatic N) is 1. The standard InChI is InChI=1S/C11H17N3O2/c1-13-9-5-7(11(15)16-4)8(12)6-10(9)14(2)3/h5-6,13H,12H2,1-4H3. The van der Waals surface area contributed by atoms with Crippen LogP contribution in [0.25, 0.3) is 0 Å². The van der Waals surface area contributed by atoms with Gasteiger partial charge in [0.1, 0.15) is 0 Å². The zero-order chi connectivity index (χ0) is 12.3. The first kappa shape index (κ1) is 12.2. The largest absolute Gasteiger partial charge is 0.465 e. The number of ether oxygens (including phenoxy) is 1. The molecule has 0 aromatic heterocycles. The number of anilines is 3. The molecule has 0 fully saturated rings. The number of nitrogens with one attached hydrogen (secondary N) is 1. The predicted molar refractivity (Wildman–Crippen MR) is 66.1 cm³/mol. The van der Waals surface area contributed by atoms with Gasteiger partial charge in [0.2, 0.25) is 0 Å². The third kappa shape index (κ3) is 2.18. The SMILES string of the molecule is CNc1cc(C(=O)OC)c(N)cc1N(C)C. The Balaban J connectivity index is 3.31. The molecule has 0 saturated carbocycles. The molecule has 0 unspecified atom stereocenters. The minimum absolute atomic E-state index is 0.373. The summed E-state index contributed by atoms with van der Waals surface area (Å²) < 4.78 is 4.66. The Hall–Kier alpha value is -1.91. The zero-order valence-corrected chi connectivity index (χ0v) is 10.00. The van der Waals surface area contributed by atoms with E-state index < -0.39 is 5.97 Å². The summed E-state index contributed by atoms with van der Waals surface area (Å²) in [5.74, 6) is -0.431. The summed E-state index contributed by atoms with van der Waals surface area (Å²) in [6.45, 7) is 0. The summed E-state index contributed by atoms with van der Waals surface area (Å²) in [5.41, 5.74) is 8.34. The van der Waals surface area contributed by atoms with Crippen LogP contribution in [0, 0.1) is 0 Å². The van der Waals surface area contributed by atoms with Gasteiger partial charge in [0.15, 0.2) is 0 Å². The molecular weight excluding hydrogens is 206 g/mol. The van der Waals surface area contributed by atoms with Crippen molar-refractivity contribution in [2.24, 2.45) is 0 Å². The number of nitrogen functional groups attached to an aromatic ring is 1. The summed E-state index contributed by atoms with van der Waals surface area (Å²) in [5, 5.41) is 3.02. The highest BCUT2D eigenvalue weighted by atomic mass is 16.5. The topological polar surface area (TPSA) is 67.6 Å². The van der Waals surface area contributed by atoms with Crippen molar-refractivity contribution in [1.29, 1.82) is 0 Å². The van der Waals surface area contributed by atoms with Crippen LogP contribution in [0.5, 0.6) is 0 Å². The molecule has 88 valence electrons. The van der Waals surface area contributed by atoms with Gasteiger partial charge in [0.05, 0.1) is 24.0 Å². The molecular formula is C11H17N3O2. The van der Waals surface area contributed by atoms with E-state index in [0.29, 0.717) is 11.3 Å². The lowest BCUT2D eigenvalue weighted by Crippen LogP contribution is -2.14. The van der Waals surface area contributed by atoms with Crippen molar-refractivity contribution in [2.45, 2.75) is 0 Å². The lowest BCUT2D eigenvalue weighted by Gasteiger charge is -2.19. The van der Waals surface area contributed by atoms with Crippen LogP contribution in [0.2, 0.25) is 0 Å². The third-order valence-electron chi connectivity index (χ3n) is 2.32. The Bertz CT molecular complexity index is 402. The Morgan fingerprint density at radius 3 is 2.50 bits per heavy atom. The quantitative estimate of drug-likeness (QED) is 0.594. The fourth-order valence-electron chi connectivity index (χ4n) is 1.46. The third-order valence-corrected chi connectivity index (χ3v) is 2.32. The molecule has 0 spiro atoms. The first-order valence-electron chi connectivity index (χ1n) is 4.88. The summed E-state index contributed by atoms with van der Waals surface area (Å²) in [6, 6.07) is 3.44. The fourth-order valence-corrected chi connectivity index (χ4v) is 1.46. The van der Waals surface area contributed by atoms with Crippen LogP contribution in [0.15, 0.2) is 12.1 Å². The van der Waals surface area contributed by atoms with Crippen molar-refractivity contribution in [1.82, 2.24) is 0 Å². The molecule has 0 amide bonds. The first-order chi connectivity index (χ1) is 7.51. The molecule has 5 heteroatoms. The molecule has 1 aromatic carbocycles. The normalized spacial score (nSPS) is 9.75. The van der Waals surface area contributed by atoms with E-state index in [-0.39, 0.29) is 0 Å². The Labute approximate surface area is 95.2 Å². The van der Waals surface area contributed by atoms with E-state index in [1.54, 1.807) is 19.2 Å². The van der Waals surface area contributed by atoms with Crippen molar-refractivity contribution in [3.8, 4) is 0 Å². The highest BCUT2D eigenvalue weighted by molar-refractivity contribution is 5.98. The van der Waals surface area contributed by atoms with Gasteiger partial charge in [0, 0.05) is 26.8 Å². The number of carbonyl (C=O) groups is 1.